The fourth-order valence-corrected chi connectivity index (χ4v) is 1.50. The van der Waals surface area contributed by atoms with Gasteiger partial charge in [-0.05, 0) is 30.9 Å². The Morgan fingerprint density at radius 1 is 1.41 bits per heavy atom. The summed E-state index contributed by atoms with van der Waals surface area (Å²) in [5, 5.41) is 0. The highest BCUT2D eigenvalue weighted by atomic mass is 19.1. The molecule has 0 aliphatic rings. The van der Waals surface area contributed by atoms with Crippen molar-refractivity contribution in [2.75, 3.05) is 13.2 Å². The molecule has 0 spiro atoms. The molecule has 0 aromatic heterocycles. The number of hydrogen-bond donors (Lipinski definition) is 0. The number of carbonyl (C=O) groups is 1. The third-order valence-electron chi connectivity index (χ3n) is 2.45. The summed E-state index contributed by atoms with van der Waals surface area (Å²) in [5.41, 5.74) is 0.369. The summed E-state index contributed by atoms with van der Waals surface area (Å²) in [5.74, 6) is 0.0854. The van der Waals surface area contributed by atoms with Gasteiger partial charge in [0.2, 0.25) is 0 Å². The van der Waals surface area contributed by atoms with Crippen LogP contribution in [0.4, 0.5) is 4.39 Å². The Morgan fingerprint density at radius 2 is 2.18 bits per heavy atom. The summed E-state index contributed by atoms with van der Waals surface area (Å²) in [4.78, 5) is 11.6. The summed E-state index contributed by atoms with van der Waals surface area (Å²) in [7, 11) is 0. The van der Waals surface area contributed by atoms with Gasteiger partial charge < -0.3 is 4.74 Å². The Bertz CT molecular complexity index is 361. The van der Waals surface area contributed by atoms with Crippen LogP contribution < -0.4 is 0 Å². The fourth-order valence-electron chi connectivity index (χ4n) is 1.50. The van der Waals surface area contributed by atoms with Crippen molar-refractivity contribution in [2.24, 2.45) is 5.92 Å². The number of Topliss-reactive ketones (excluding diaryl/α,β-unsaturated/α-hetero) is 1. The van der Waals surface area contributed by atoms with Crippen molar-refractivity contribution >= 4 is 5.78 Å². The first-order valence-electron chi connectivity index (χ1n) is 5.96. The molecule has 17 heavy (non-hydrogen) atoms. The van der Waals surface area contributed by atoms with Crippen molar-refractivity contribution in [2.45, 2.75) is 26.7 Å². The van der Waals surface area contributed by atoms with Crippen LogP contribution in [0.25, 0.3) is 0 Å². The van der Waals surface area contributed by atoms with E-state index in [2.05, 4.69) is 13.8 Å². The Kier molecular flexibility index (Phi) is 5.84. The third-order valence-corrected chi connectivity index (χ3v) is 2.45. The molecule has 2 nitrogen and oxygen atoms in total. The minimum Gasteiger partial charge on any atom is -0.373 e. The normalized spacial score (nSPS) is 10.8. The highest BCUT2D eigenvalue weighted by molar-refractivity contribution is 5.97. The maximum Gasteiger partial charge on any atom is 0.188 e. The summed E-state index contributed by atoms with van der Waals surface area (Å²) >= 11 is 0. The predicted molar refractivity (Wildman–Crippen MR) is 65.6 cm³/mol. The first kappa shape index (κ1) is 13.8. The molecule has 1 aromatic rings. The summed E-state index contributed by atoms with van der Waals surface area (Å²) < 4.78 is 18.1. The minimum absolute atomic E-state index is 0.0293. The van der Waals surface area contributed by atoms with Crippen molar-refractivity contribution in [1.29, 1.82) is 0 Å². The smallest absolute Gasteiger partial charge is 0.188 e. The van der Waals surface area contributed by atoms with Gasteiger partial charge in [0.1, 0.15) is 12.4 Å². The molecule has 0 unspecified atom stereocenters. The minimum atomic E-state index is -0.393. The van der Waals surface area contributed by atoms with E-state index in [9.17, 15) is 9.18 Å². The molecular weight excluding hydrogens is 219 g/mol. The second-order valence-electron chi connectivity index (χ2n) is 4.52. The van der Waals surface area contributed by atoms with Crippen LogP contribution in [0, 0.1) is 11.7 Å². The number of benzene rings is 1. The van der Waals surface area contributed by atoms with E-state index in [4.69, 9.17) is 4.74 Å². The fraction of sp³-hybridized carbons (Fsp3) is 0.500. The van der Waals surface area contributed by atoms with Gasteiger partial charge in [-0.15, -0.1) is 0 Å². The van der Waals surface area contributed by atoms with E-state index in [1.807, 2.05) is 0 Å². The lowest BCUT2D eigenvalue weighted by Crippen LogP contribution is -2.10. The van der Waals surface area contributed by atoms with Crippen molar-refractivity contribution in [3.63, 3.8) is 0 Å². The van der Waals surface area contributed by atoms with E-state index < -0.39 is 5.82 Å². The zero-order valence-corrected chi connectivity index (χ0v) is 10.4. The molecule has 0 saturated heterocycles. The van der Waals surface area contributed by atoms with Crippen molar-refractivity contribution < 1.29 is 13.9 Å². The SMILES string of the molecule is CC(C)CCCOCC(=O)c1cccc(F)c1. The summed E-state index contributed by atoms with van der Waals surface area (Å²) in [6, 6.07) is 5.68. The first-order valence-corrected chi connectivity index (χ1v) is 5.96. The van der Waals surface area contributed by atoms with E-state index in [0.29, 0.717) is 18.1 Å². The second kappa shape index (κ2) is 7.17. The molecule has 0 heterocycles. The second-order valence-corrected chi connectivity index (χ2v) is 4.52. The Balaban J connectivity index is 2.26. The molecule has 0 radical (unpaired) electrons. The lowest BCUT2D eigenvalue weighted by atomic mass is 10.1. The molecule has 0 aliphatic heterocycles. The Labute approximate surface area is 102 Å². The number of halogens is 1. The monoisotopic (exact) mass is 238 g/mol. The van der Waals surface area contributed by atoms with Gasteiger partial charge in [0.25, 0.3) is 0 Å². The third kappa shape index (κ3) is 5.59. The van der Waals surface area contributed by atoms with Crippen molar-refractivity contribution in [3.05, 3.63) is 35.6 Å². The summed E-state index contributed by atoms with van der Waals surface area (Å²) in [6.45, 7) is 4.91. The van der Waals surface area contributed by atoms with Crippen LogP contribution in [0.3, 0.4) is 0 Å². The molecular formula is C14H19FO2. The zero-order valence-electron chi connectivity index (χ0n) is 10.4. The molecule has 0 amide bonds. The van der Waals surface area contributed by atoms with Gasteiger partial charge in [-0.1, -0.05) is 26.0 Å². The van der Waals surface area contributed by atoms with Crippen LogP contribution in [0.5, 0.6) is 0 Å². The van der Waals surface area contributed by atoms with Crippen LogP contribution in [0.2, 0.25) is 0 Å². The maximum absolute atomic E-state index is 12.9. The van der Waals surface area contributed by atoms with Crippen molar-refractivity contribution in [1.82, 2.24) is 0 Å². The van der Waals surface area contributed by atoms with Crippen molar-refractivity contribution in [3.8, 4) is 0 Å². The number of ketones is 1. The van der Waals surface area contributed by atoms with Gasteiger partial charge in [0, 0.05) is 12.2 Å². The maximum atomic E-state index is 12.9. The molecule has 3 heteroatoms. The van der Waals surface area contributed by atoms with Crippen LogP contribution in [0.15, 0.2) is 24.3 Å². The molecule has 0 saturated carbocycles. The molecule has 0 fully saturated rings. The number of rotatable bonds is 7. The molecule has 94 valence electrons. The van der Waals surface area contributed by atoms with Gasteiger partial charge in [0.15, 0.2) is 5.78 Å². The topological polar surface area (TPSA) is 26.3 Å². The van der Waals surface area contributed by atoms with Crippen LogP contribution >= 0.6 is 0 Å². The van der Waals surface area contributed by atoms with Crippen LogP contribution in [-0.2, 0) is 4.74 Å². The number of hydrogen-bond acceptors (Lipinski definition) is 2. The molecule has 1 aromatic carbocycles. The molecule has 0 atom stereocenters. The average molecular weight is 238 g/mol. The molecule has 0 bridgehead atoms. The average Bonchev–Trinajstić information content (AvgIpc) is 2.28. The quantitative estimate of drug-likeness (QED) is 0.537. The summed E-state index contributed by atoms with van der Waals surface area (Å²) in [6.07, 6.45) is 2.04. The van der Waals surface area contributed by atoms with E-state index in [-0.39, 0.29) is 12.4 Å². The standard InChI is InChI=1S/C14H19FO2/c1-11(2)5-4-8-17-10-14(16)12-6-3-7-13(15)9-12/h3,6-7,9,11H,4-5,8,10H2,1-2H3. The first-order chi connectivity index (χ1) is 8.09. The number of ether oxygens (including phenoxy) is 1. The largest absolute Gasteiger partial charge is 0.373 e. The number of carbonyl (C=O) groups excluding carboxylic acids is 1. The molecule has 0 aliphatic carbocycles. The predicted octanol–water partition coefficient (Wildman–Crippen LogP) is 3.46. The van der Waals surface area contributed by atoms with Crippen LogP contribution in [0.1, 0.15) is 37.0 Å². The Hall–Kier alpha value is -1.22. The highest BCUT2D eigenvalue weighted by Crippen LogP contribution is 2.06. The Morgan fingerprint density at radius 3 is 2.82 bits per heavy atom. The zero-order chi connectivity index (χ0) is 12.7. The molecule has 1 rings (SSSR count). The lowest BCUT2D eigenvalue weighted by molar-refractivity contribution is 0.0748. The van der Waals surface area contributed by atoms with Gasteiger partial charge in [0.05, 0.1) is 0 Å². The van der Waals surface area contributed by atoms with Gasteiger partial charge >= 0.3 is 0 Å². The van der Waals surface area contributed by atoms with E-state index >= 15 is 0 Å². The van der Waals surface area contributed by atoms with E-state index in [0.717, 1.165) is 12.8 Å². The van der Waals surface area contributed by atoms with Gasteiger partial charge in [-0.3, -0.25) is 4.79 Å². The van der Waals surface area contributed by atoms with Gasteiger partial charge in [-0.25, -0.2) is 4.39 Å². The molecule has 0 N–H and O–H groups in total. The van der Waals surface area contributed by atoms with E-state index in [1.54, 1.807) is 6.07 Å². The van der Waals surface area contributed by atoms with Gasteiger partial charge in [-0.2, -0.15) is 0 Å². The van der Waals surface area contributed by atoms with E-state index in [1.165, 1.54) is 18.2 Å². The highest BCUT2D eigenvalue weighted by Gasteiger charge is 2.06. The van der Waals surface area contributed by atoms with Crippen LogP contribution in [-0.4, -0.2) is 19.0 Å². The lowest BCUT2D eigenvalue weighted by Gasteiger charge is -2.05.